The van der Waals surface area contributed by atoms with Crippen LogP contribution in [0.3, 0.4) is 0 Å². The van der Waals surface area contributed by atoms with E-state index in [1.807, 2.05) is 0 Å². The summed E-state index contributed by atoms with van der Waals surface area (Å²) in [7, 11) is 0. The van der Waals surface area contributed by atoms with Gasteiger partial charge in [-0.2, -0.15) is 0 Å². The highest BCUT2D eigenvalue weighted by atomic mass is 16.7. The third kappa shape index (κ3) is 19.9. The van der Waals surface area contributed by atoms with Gasteiger partial charge in [-0.3, -0.25) is 4.79 Å². The highest BCUT2D eigenvalue weighted by molar-refractivity contribution is 5.66. The van der Waals surface area contributed by atoms with Crippen molar-refractivity contribution >= 4 is 5.97 Å². The van der Waals surface area contributed by atoms with Gasteiger partial charge in [0.2, 0.25) is 0 Å². The van der Waals surface area contributed by atoms with E-state index in [1.165, 1.54) is 6.92 Å². The fraction of sp³-hybridized carbons (Fsp3) is 0.683. The van der Waals surface area contributed by atoms with E-state index in [9.17, 15) is 40.5 Å². The number of esters is 1. The molecular formula is C41H66O14. The van der Waals surface area contributed by atoms with Crippen LogP contribution in [0.5, 0.6) is 0 Å². The predicted octanol–water partition coefficient (Wildman–Crippen LogP) is 2.83. The predicted molar refractivity (Wildman–Crippen MR) is 205 cm³/mol. The van der Waals surface area contributed by atoms with E-state index in [2.05, 4.69) is 79.8 Å². The Hall–Kier alpha value is -2.57. The molecule has 314 valence electrons. The Labute approximate surface area is 326 Å². The molecular weight excluding hydrogens is 716 g/mol. The van der Waals surface area contributed by atoms with Gasteiger partial charge in [0.05, 0.1) is 26.4 Å². The lowest BCUT2D eigenvalue weighted by molar-refractivity contribution is -0.332. The van der Waals surface area contributed by atoms with Gasteiger partial charge in [0.15, 0.2) is 12.6 Å². The molecule has 2 aliphatic rings. The van der Waals surface area contributed by atoms with Gasteiger partial charge in [-0.15, -0.1) is 0 Å². The van der Waals surface area contributed by atoms with E-state index in [1.54, 1.807) is 0 Å². The van der Waals surface area contributed by atoms with Crippen molar-refractivity contribution in [2.45, 2.75) is 146 Å². The number of unbranched alkanes of at least 4 members (excludes halogenated alkanes) is 3. The van der Waals surface area contributed by atoms with E-state index >= 15 is 0 Å². The molecule has 11 unspecified atom stereocenters. The summed E-state index contributed by atoms with van der Waals surface area (Å²) in [5.74, 6) is -0.569. The lowest BCUT2D eigenvalue weighted by Crippen LogP contribution is -2.61. The average molecular weight is 783 g/mol. The number of aliphatic hydroxyl groups is 7. The molecule has 0 amide bonds. The first kappa shape index (κ1) is 48.6. The average Bonchev–Trinajstić information content (AvgIpc) is 3.17. The fourth-order valence-corrected chi connectivity index (χ4v) is 5.64. The molecule has 0 aromatic carbocycles. The van der Waals surface area contributed by atoms with Crippen molar-refractivity contribution in [1.29, 1.82) is 0 Å². The monoisotopic (exact) mass is 782 g/mol. The van der Waals surface area contributed by atoms with Crippen molar-refractivity contribution in [2.75, 3.05) is 33.0 Å². The van der Waals surface area contributed by atoms with Crippen molar-refractivity contribution in [3.05, 3.63) is 72.9 Å². The minimum Gasteiger partial charge on any atom is -0.458 e. The number of carbonyl (C=O) groups excluding carboxylic acids is 1. The normalized spacial score (nSPS) is 29.9. The zero-order valence-corrected chi connectivity index (χ0v) is 32.4. The third-order valence-electron chi connectivity index (χ3n) is 8.78. The van der Waals surface area contributed by atoms with E-state index in [0.29, 0.717) is 6.61 Å². The highest BCUT2D eigenvalue weighted by Gasteiger charge is 2.47. The van der Waals surface area contributed by atoms with E-state index < -0.39 is 86.7 Å². The van der Waals surface area contributed by atoms with E-state index in [-0.39, 0.29) is 13.2 Å². The van der Waals surface area contributed by atoms with Gasteiger partial charge in [-0.05, 0) is 57.8 Å². The molecule has 0 aromatic heterocycles. The minimum atomic E-state index is -1.71. The Morgan fingerprint density at radius 3 is 1.62 bits per heavy atom. The fourth-order valence-electron chi connectivity index (χ4n) is 5.64. The van der Waals surface area contributed by atoms with Crippen LogP contribution in [0.1, 0.15) is 78.1 Å². The summed E-state index contributed by atoms with van der Waals surface area (Å²) in [6.07, 6.45) is 19.5. The zero-order valence-electron chi connectivity index (χ0n) is 32.4. The van der Waals surface area contributed by atoms with Crippen LogP contribution in [0.4, 0.5) is 0 Å². The summed E-state index contributed by atoms with van der Waals surface area (Å²) < 4.78 is 33.0. The molecule has 2 rings (SSSR count). The van der Waals surface area contributed by atoms with Gasteiger partial charge in [0, 0.05) is 13.5 Å². The minimum absolute atomic E-state index is 0.0182. The lowest BCUT2D eigenvalue weighted by Gasteiger charge is -2.42. The number of aliphatic hydroxyl groups excluding tert-OH is 7. The first-order valence-corrected chi connectivity index (χ1v) is 19.5. The molecule has 2 saturated heterocycles. The molecule has 2 heterocycles. The SMILES string of the molecule is CC/C=C\C/C=C\C/C=C\C/C=C\C/C=C\C/C=C\CCCCCOCC(COC1OC(COC2OC(CO)C(O)C(O)C2O)C(O)C(O)C1O)OC(C)=O. The molecule has 0 aliphatic carbocycles. The van der Waals surface area contributed by atoms with Crippen molar-refractivity contribution in [1.82, 2.24) is 0 Å². The molecule has 55 heavy (non-hydrogen) atoms. The first-order chi connectivity index (χ1) is 26.6. The Morgan fingerprint density at radius 1 is 0.600 bits per heavy atom. The summed E-state index contributed by atoms with van der Waals surface area (Å²) in [6.45, 7) is 2.42. The smallest absolute Gasteiger partial charge is 0.303 e. The highest BCUT2D eigenvalue weighted by Crippen LogP contribution is 2.26. The maximum atomic E-state index is 11.7. The van der Waals surface area contributed by atoms with Gasteiger partial charge >= 0.3 is 5.97 Å². The van der Waals surface area contributed by atoms with Crippen LogP contribution < -0.4 is 0 Å². The van der Waals surface area contributed by atoms with Gasteiger partial charge in [0.1, 0.15) is 54.9 Å². The molecule has 14 nitrogen and oxygen atoms in total. The van der Waals surface area contributed by atoms with Crippen LogP contribution in [0.25, 0.3) is 0 Å². The Bertz CT molecular complexity index is 1180. The Balaban J connectivity index is 1.61. The number of rotatable bonds is 27. The number of ether oxygens (including phenoxy) is 6. The Morgan fingerprint density at radius 2 is 1.09 bits per heavy atom. The quantitative estimate of drug-likeness (QED) is 0.0363. The molecule has 2 fully saturated rings. The van der Waals surface area contributed by atoms with Gasteiger partial charge in [-0.1, -0.05) is 86.3 Å². The Kier molecular flexibility index (Phi) is 26.2. The molecule has 2 aliphatic heterocycles. The zero-order chi connectivity index (χ0) is 40.3. The van der Waals surface area contributed by atoms with Crippen molar-refractivity contribution in [3.8, 4) is 0 Å². The van der Waals surface area contributed by atoms with Crippen LogP contribution in [0, 0.1) is 0 Å². The number of hydrogen-bond acceptors (Lipinski definition) is 14. The van der Waals surface area contributed by atoms with Crippen molar-refractivity contribution in [3.63, 3.8) is 0 Å². The van der Waals surface area contributed by atoms with Crippen LogP contribution >= 0.6 is 0 Å². The summed E-state index contributed by atoms with van der Waals surface area (Å²) in [5, 5.41) is 70.9. The maximum Gasteiger partial charge on any atom is 0.303 e. The second-order valence-electron chi connectivity index (χ2n) is 13.4. The number of allylic oxidation sites excluding steroid dienone is 12. The van der Waals surface area contributed by atoms with Crippen LogP contribution in [-0.4, -0.2) is 142 Å². The van der Waals surface area contributed by atoms with E-state index in [0.717, 1.165) is 64.2 Å². The van der Waals surface area contributed by atoms with Crippen molar-refractivity contribution < 1.29 is 69.0 Å². The number of carbonyl (C=O) groups is 1. The molecule has 0 aromatic rings. The summed E-state index contributed by atoms with van der Waals surface area (Å²) in [5.41, 5.74) is 0. The standard InChI is InChI=1S/C41H66O14/c1-3-4-5-6-7-8-9-10-11-12-13-14-15-16-17-18-19-20-21-22-23-24-25-50-27-31(53-30(2)43)28-51-40-39(49)37(47)35(45)33(55-40)29-52-41-38(48)36(46)34(44)32(26-42)54-41/h4-5,7-8,10-11,13-14,16-17,19-20,31-42,44-49H,3,6,9,12,15,18,21-29H2,1-2H3/b5-4-,8-7-,11-10-,14-13-,17-16-,20-19-. The molecule has 0 radical (unpaired) electrons. The van der Waals surface area contributed by atoms with Gasteiger partial charge in [0.25, 0.3) is 0 Å². The second kappa shape index (κ2) is 29.6. The third-order valence-corrected chi connectivity index (χ3v) is 8.78. The topological polar surface area (TPSA) is 214 Å². The molecule has 0 spiro atoms. The summed E-state index contributed by atoms with van der Waals surface area (Å²) >= 11 is 0. The number of hydrogen-bond donors (Lipinski definition) is 7. The summed E-state index contributed by atoms with van der Waals surface area (Å²) in [6, 6.07) is 0. The van der Waals surface area contributed by atoms with Crippen LogP contribution in [0.2, 0.25) is 0 Å². The molecule has 0 bridgehead atoms. The largest absolute Gasteiger partial charge is 0.458 e. The van der Waals surface area contributed by atoms with Gasteiger partial charge < -0.3 is 64.2 Å². The summed E-state index contributed by atoms with van der Waals surface area (Å²) in [4.78, 5) is 11.7. The molecule has 14 heteroatoms. The second-order valence-corrected chi connectivity index (χ2v) is 13.4. The van der Waals surface area contributed by atoms with Crippen LogP contribution in [-0.2, 0) is 33.2 Å². The first-order valence-electron chi connectivity index (χ1n) is 19.5. The van der Waals surface area contributed by atoms with Gasteiger partial charge in [-0.25, -0.2) is 0 Å². The van der Waals surface area contributed by atoms with Crippen LogP contribution in [0.15, 0.2) is 72.9 Å². The lowest BCUT2D eigenvalue weighted by atomic mass is 9.98. The molecule has 0 saturated carbocycles. The maximum absolute atomic E-state index is 11.7. The van der Waals surface area contributed by atoms with E-state index in [4.69, 9.17) is 28.4 Å². The van der Waals surface area contributed by atoms with Crippen molar-refractivity contribution in [2.24, 2.45) is 0 Å². The molecule has 11 atom stereocenters. The molecule has 7 N–H and O–H groups in total.